The maximum atomic E-state index is 5.94. The van der Waals surface area contributed by atoms with E-state index in [1.165, 1.54) is 5.56 Å². The van der Waals surface area contributed by atoms with Crippen LogP contribution < -0.4 is 9.47 Å². The number of hydrogen-bond donors (Lipinski definition) is 0. The maximum Gasteiger partial charge on any atom is 0.119 e. The average molecular weight is 425 g/mol. The summed E-state index contributed by atoms with van der Waals surface area (Å²) in [4.78, 5) is 0. The molecule has 1 saturated heterocycles. The quantitative estimate of drug-likeness (QED) is 0.315. The zero-order valence-corrected chi connectivity index (χ0v) is 18.8. The van der Waals surface area contributed by atoms with E-state index >= 15 is 0 Å². The van der Waals surface area contributed by atoms with Crippen molar-refractivity contribution >= 4 is 6.08 Å². The maximum absolute atomic E-state index is 5.94. The van der Waals surface area contributed by atoms with Crippen molar-refractivity contribution in [3.8, 4) is 11.5 Å². The van der Waals surface area contributed by atoms with Crippen molar-refractivity contribution in [3.05, 3.63) is 66.2 Å². The number of unbranched alkanes of at least 4 members (excludes halogenated alkanes) is 3. The zero-order valence-electron chi connectivity index (χ0n) is 18.8. The van der Waals surface area contributed by atoms with Crippen LogP contribution in [0.25, 0.3) is 6.08 Å². The summed E-state index contributed by atoms with van der Waals surface area (Å²) >= 11 is 0. The summed E-state index contributed by atoms with van der Waals surface area (Å²) in [7, 11) is 0. The first-order valence-electron chi connectivity index (χ1n) is 11.5. The van der Waals surface area contributed by atoms with Gasteiger partial charge >= 0.3 is 0 Å². The molecule has 1 aliphatic heterocycles. The molecule has 4 nitrogen and oxygen atoms in total. The van der Waals surface area contributed by atoms with Crippen LogP contribution in [0.1, 0.15) is 50.2 Å². The van der Waals surface area contributed by atoms with Gasteiger partial charge in [-0.25, -0.2) is 0 Å². The molecule has 2 aromatic rings. The van der Waals surface area contributed by atoms with Crippen LogP contribution in [0.2, 0.25) is 0 Å². The third-order valence-electron chi connectivity index (χ3n) is 5.87. The van der Waals surface area contributed by atoms with Gasteiger partial charge < -0.3 is 18.9 Å². The van der Waals surface area contributed by atoms with E-state index in [9.17, 15) is 0 Å². The smallest absolute Gasteiger partial charge is 0.119 e. The summed E-state index contributed by atoms with van der Waals surface area (Å²) in [5, 5.41) is 0. The molecular weight excluding hydrogens is 388 g/mol. The average Bonchev–Trinajstić information content (AvgIpc) is 2.79. The number of ether oxygens (including phenoxy) is 4. The Labute approximate surface area is 187 Å². The SMILES string of the molecule is C=Cc1ccc(COCCCCCCOc2ccc(OCC3(CC)COC3)cc2)cc1. The standard InChI is InChI=1S/C27H36O4/c1-3-23-9-11-24(12-10-23)19-28-17-7-5-6-8-18-30-25-13-15-26(16-14-25)31-22-27(4-2)20-29-21-27/h3,9-16H,1,4-8,17-22H2,2H3. The molecule has 0 bridgehead atoms. The largest absolute Gasteiger partial charge is 0.494 e. The number of benzene rings is 2. The second-order valence-electron chi connectivity index (χ2n) is 8.37. The summed E-state index contributed by atoms with van der Waals surface area (Å²) in [5.41, 5.74) is 2.55. The fraction of sp³-hybridized carbons (Fsp3) is 0.481. The molecule has 4 heteroatoms. The molecule has 0 aromatic heterocycles. The molecular formula is C27H36O4. The lowest BCUT2D eigenvalue weighted by atomic mass is 9.84. The summed E-state index contributed by atoms with van der Waals surface area (Å²) in [6.07, 6.45) is 7.39. The van der Waals surface area contributed by atoms with Gasteiger partial charge in [0.1, 0.15) is 11.5 Å². The molecule has 3 rings (SSSR count). The molecule has 0 unspecified atom stereocenters. The van der Waals surface area contributed by atoms with Crippen molar-refractivity contribution < 1.29 is 18.9 Å². The van der Waals surface area contributed by atoms with Gasteiger partial charge in [-0.1, -0.05) is 50.3 Å². The second kappa shape index (κ2) is 12.5. The topological polar surface area (TPSA) is 36.9 Å². The van der Waals surface area contributed by atoms with Crippen LogP contribution >= 0.6 is 0 Å². The van der Waals surface area contributed by atoms with E-state index in [-0.39, 0.29) is 5.41 Å². The summed E-state index contributed by atoms with van der Waals surface area (Å²) in [5.74, 6) is 1.79. The van der Waals surface area contributed by atoms with Crippen molar-refractivity contribution in [2.75, 3.05) is 33.0 Å². The Morgan fingerprint density at radius 3 is 2.10 bits per heavy atom. The molecule has 0 amide bonds. The lowest BCUT2D eigenvalue weighted by molar-refractivity contribution is -0.133. The van der Waals surface area contributed by atoms with Gasteiger partial charge in [-0.15, -0.1) is 0 Å². The van der Waals surface area contributed by atoms with E-state index < -0.39 is 0 Å². The molecule has 0 spiro atoms. The van der Waals surface area contributed by atoms with Gasteiger partial charge in [-0.3, -0.25) is 0 Å². The molecule has 0 aliphatic carbocycles. The van der Waals surface area contributed by atoms with Gasteiger partial charge in [0.05, 0.1) is 38.4 Å². The fourth-order valence-electron chi connectivity index (χ4n) is 3.44. The molecule has 1 aliphatic rings. The van der Waals surface area contributed by atoms with Crippen LogP contribution in [0.5, 0.6) is 11.5 Å². The van der Waals surface area contributed by atoms with Gasteiger partial charge in [0.25, 0.3) is 0 Å². The van der Waals surface area contributed by atoms with Crippen molar-refractivity contribution in [1.29, 1.82) is 0 Å². The Kier molecular flexibility index (Phi) is 9.44. The molecule has 2 aromatic carbocycles. The van der Waals surface area contributed by atoms with Gasteiger partial charge in [-0.05, 0) is 61.1 Å². The van der Waals surface area contributed by atoms with Crippen molar-refractivity contribution in [3.63, 3.8) is 0 Å². The Morgan fingerprint density at radius 1 is 0.871 bits per heavy atom. The lowest BCUT2D eigenvalue weighted by Gasteiger charge is -2.40. The summed E-state index contributed by atoms with van der Waals surface area (Å²) in [6, 6.07) is 16.3. The van der Waals surface area contributed by atoms with Gasteiger partial charge in [0.2, 0.25) is 0 Å². The normalized spacial score (nSPS) is 14.6. The first-order chi connectivity index (χ1) is 15.2. The minimum absolute atomic E-state index is 0.206. The molecule has 1 fully saturated rings. The van der Waals surface area contributed by atoms with E-state index in [1.807, 2.05) is 30.3 Å². The molecule has 0 saturated carbocycles. The van der Waals surface area contributed by atoms with Crippen LogP contribution in [0.15, 0.2) is 55.1 Å². The Morgan fingerprint density at radius 2 is 1.52 bits per heavy atom. The van der Waals surface area contributed by atoms with Crippen LogP contribution in [-0.4, -0.2) is 33.0 Å². The second-order valence-corrected chi connectivity index (χ2v) is 8.37. The monoisotopic (exact) mass is 424 g/mol. The third-order valence-corrected chi connectivity index (χ3v) is 5.87. The van der Waals surface area contributed by atoms with Crippen LogP contribution in [-0.2, 0) is 16.1 Å². The van der Waals surface area contributed by atoms with E-state index in [0.29, 0.717) is 6.61 Å². The van der Waals surface area contributed by atoms with Crippen molar-refractivity contribution in [2.45, 2.75) is 45.6 Å². The zero-order chi connectivity index (χ0) is 21.8. The molecule has 0 radical (unpaired) electrons. The molecule has 168 valence electrons. The van der Waals surface area contributed by atoms with Crippen molar-refractivity contribution in [2.24, 2.45) is 5.41 Å². The Balaban J connectivity index is 1.19. The van der Waals surface area contributed by atoms with E-state index in [2.05, 4.69) is 37.8 Å². The van der Waals surface area contributed by atoms with E-state index in [4.69, 9.17) is 18.9 Å². The summed E-state index contributed by atoms with van der Waals surface area (Å²) in [6.45, 7) is 10.5. The van der Waals surface area contributed by atoms with Crippen LogP contribution in [0, 0.1) is 5.41 Å². The van der Waals surface area contributed by atoms with Crippen LogP contribution in [0.3, 0.4) is 0 Å². The highest BCUT2D eigenvalue weighted by atomic mass is 16.5. The highest BCUT2D eigenvalue weighted by Crippen LogP contribution is 2.32. The third kappa shape index (κ3) is 7.71. The van der Waals surface area contributed by atoms with Gasteiger partial charge in [-0.2, -0.15) is 0 Å². The first kappa shape index (κ1) is 23.4. The van der Waals surface area contributed by atoms with Gasteiger partial charge in [0, 0.05) is 6.61 Å². The predicted molar refractivity (Wildman–Crippen MR) is 126 cm³/mol. The van der Waals surface area contributed by atoms with Crippen molar-refractivity contribution in [1.82, 2.24) is 0 Å². The van der Waals surface area contributed by atoms with E-state index in [1.54, 1.807) is 0 Å². The summed E-state index contributed by atoms with van der Waals surface area (Å²) < 4.78 is 22.9. The van der Waals surface area contributed by atoms with Crippen LogP contribution in [0.4, 0.5) is 0 Å². The fourth-order valence-corrected chi connectivity index (χ4v) is 3.44. The minimum Gasteiger partial charge on any atom is -0.494 e. The molecule has 31 heavy (non-hydrogen) atoms. The number of rotatable bonds is 15. The Hall–Kier alpha value is -2.30. The minimum atomic E-state index is 0.206. The molecule has 1 heterocycles. The van der Waals surface area contributed by atoms with E-state index in [0.717, 1.165) is 82.2 Å². The highest BCUT2D eigenvalue weighted by Gasteiger charge is 2.37. The predicted octanol–water partition coefficient (Wildman–Crippen LogP) is 6.29. The van der Waals surface area contributed by atoms with Gasteiger partial charge in [0.15, 0.2) is 0 Å². The first-order valence-corrected chi connectivity index (χ1v) is 11.5. The molecule has 0 N–H and O–H groups in total. The number of hydrogen-bond acceptors (Lipinski definition) is 4. The lowest BCUT2D eigenvalue weighted by Crippen LogP contribution is -2.46. The Bertz CT molecular complexity index is 757. The molecule has 0 atom stereocenters. The highest BCUT2D eigenvalue weighted by molar-refractivity contribution is 5.47.